The van der Waals surface area contributed by atoms with Crippen molar-refractivity contribution in [3.05, 3.63) is 53.6 Å². The van der Waals surface area contributed by atoms with Gasteiger partial charge in [-0.15, -0.1) is 0 Å². The summed E-state index contributed by atoms with van der Waals surface area (Å²) in [7, 11) is 3.90. The Labute approximate surface area is 128 Å². The van der Waals surface area contributed by atoms with Gasteiger partial charge in [0.25, 0.3) is 5.91 Å². The summed E-state index contributed by atoms with van der Waals surface area (Å²) in [6.45, 7) is 0. The van der Waals surface area contributed by atoms with Crippen molar-refractivity contribution in [2.75, 3.05) is 19.0 Å². The molecule has 0 fully saturated rings. The number of phenolic OH excluding ortho intramolecular Hbond substituents is 2. The zero-order valence-electron chi connectivity index (χ0n) is 12.3. The van der Waals surface area contributed by atoms with Gasteiger partial charge in [0.15, 0.2) is 0 Å². The van der Waals surface area contributed by atoms with E-state index in [-0.39, 0.29) is 17.1 Å². The number of hydrazone groups is 1. The third kappa shape index (κ3) is 3.99. The Morgan fingerprint density at radius 1 is 1.09 bits per heavy atom. The average molecular weight is 299 g/mol. The van der Waals surface area contributed by atoms with Gasteiger partial charge in [0, 0.05) is 31.4 Å². The monoisotopic (exact) mass is 299 g/mol. The van der Waals surface area contributed by atoms with Gasteiger partial charge in [-0.05, 0) is 29.8 Å². The maximum absolute atomic E-state index is 11.8. The third-order valence-electron chi connectivity index (χ3n) is 2.95. The SMILES string of the molecule is CN(C)c1ccc(/C=N/NC(=O)c2cc(O)cc(O)c2)cc1. The van der Waals surface area contributed by atoms with Gasteiger partial charge in [0.1, 0.15) is 11.5 Å². The summed E-state index contributed by atoms with van der Waals surface area (Å²) in [4.78, 5) is 13.8. The fraction of sp³-hybridized carbons (Fsp3) is 0.125. The molecule has 0 aliphatic carbocycles. The van der Waals surface area contributed by atoms with E-state index >= 15 is 0 Å². The van der Waals surface area contributed by atoms with Crippen LogP contribution in [0.2, 0.25) is 0 Å². The topological polar surface area (TPSA) is 85.2 Å². The second kappa shape index (κ2) is 6.62. The van der Waals surface area contributed by atoms with Crippen LogP contribution in [0.15, 0.2) is 47.6 Å². The molecule has 2 aromatic rings. The van der Waals surface area contributed by atoms with Crippen molar-refractivity contribution in [1.29, 1.82) is 0 Å². The molecule has 0 bridgehead atoms. The molecule has 3 N–H and O–H groups in total. The second-order valence-corrected chi connectivity index (χ2v) is 4.92. The fourth-order valence-electron chi connectivity index (χ4n) is 1.81. The number of amides is 1. The molecule has 0 radical (unpaired) electrons. The minimum atomic E-state index is -0.521. The quantitative estimate of drug-likeness (QED) is 0.595. The van der Waals surface area contributed by atoms with E-state index in [1.165, 1.54) is 18.3 Å². The van der Waals surface area contributed by atoms with Crippen LogP contribution in [-0.2, 0) is 0 Å². The van der Waals surface area contributed by atoms with Crippen LogP contribution >= 0.6 is 0 Å². The highest BCUT2D eigenvalue weighted by Gasteiger charge is 2.07. The molecule has 0 aromatic heterocycles. The van der Waals surface area contributed by atoms with E-state index in [0.29, 0.717) is 0 Å². The standard InChI is InChI=1S/C16H17N3O3/c1-19(2)13-5-3-11(4-6-13)10-17-18-16(22)12-7-14(20)9-15(21)8-12/h3-10,20-21H,1-2H3,(H,18,22)/b17-10+. The van der Waals surface area contributed by atoms with Crippen LogP contribution in [0, 0.1) is 0 Å². The zero-order chi connectivity index (χ0) is 16.1. The summed E-state index contributed by atoms with van der Waals surface area (Å²) in [5.41, 5.74) is 4.36. The van der Waals surface area contributed by atoms with E-state index in [4.69, 9.17) is 0 Å². The Bertz CT molecular complexity index is 674. The number of anilines is 1. The summed E-state index contributed by atoms with van der Waals surface area (Å²) < 4.78 is 0. The number of benzene rings is 2. The number of nitrogens with one attached hydrogen (secondary N) is 1. The molecule has 0 saturated heterocycles. The molecular weight excluding hydrogens is 282 g/mol. The van der Waals surface area contributed by atoms with Gasteiger partial charge in [-0.3, -0.25) is 4.79 Å². The molecule has 2 aromatic carbocycles. The summed E-state index contributed by atoms with van der Waals surface area (Å²) >= 11 is 0. The number of hydrogen-bond donors (Lipinski definition) is 3. The number of hydrogen-bond acceptors (Lipinski definition) is 5. The minimum Gasteiger partial charge on any atom is -0.508 e. The Balaban J connectivity index is 2.00. The van der Waals surface area contributed by atoms with Crippen LogP contribution in [-0.4, -0.2) is 36.4 Å². The molecule has 0 saturated carbocycles. The maximum Gasteiger partial charge on any atom is 0.271 e. The lowest BCUT2D eigenvalue weighted by atomic mass is 10.2. The highest BCUT2D eigenvalue weighted by atomic mass is 16.3. The molecule has 0 atom stereocenters. The molecule has 114 valence electrons. The predicted molar refractivity (Wildman–Crippen MR) is 85.6 cm³/mol. The van der Waals surface area contributed by atoms with Crippen LogP contribution in [0.3, 0.4) is 0 Å². The maximum atomic E-state index is 11.8. The largest absolute Gasteiger partial charge is 0.508 e. The van der Waals surface area contributed by atoms with Gasteiger partial charge in [-0.2, -0.15) is 5.10 Å². The highest BCUT2D eigenvalue weighted by molar-refractivity contribution is 5.95. The van der Waals surface area contributed by atoms with E-state index in [0.717, 1.165) is 17.3 Å². The smallest absolute Gasteiger partial charge is 0.271 e. The van der Waals surface area contributed by atoms with Gasteiger partial charge in [-0.1, -0.05) is 12.1 Å². The number of nitrogens with zero attached hydrogens (tertiary/aromatic N) is 2. The molecule has 2 rings (SSSR count). The van der Waals surface area contributed by atoms with Gasteiger partial charge in [0.05, 0.1) is 6.21 Å². The summed E-state index contributed by atoms with van der Waals surface area (Å²) in [6, 6.07) is 11.3. The van der Waals surface area contributed by atoms with E-state index in [9.17, 15) is 15.0 Å². The van der Waals surface area contributed by atoms with Crippen LogP contribution in [0.1, 0.15) is 15.9 Å². The fourth-order valence-corrected chi connectivity index (χ4v) is 1.81. The molecule has 6 nitrogen and oxygen atoms in total. The van der Waals surface area contributed by atoms with Gasteiger partial charge < -0.3 is 15.1 Å². The first-order valence-corrected chi connectivity index (χ1v) is 6.59. The third-order valence-corrected chi connectivity index (χ3v) is 2.95. The van der Waals surface area contributed by atoms with Crippen LogP contribution in [0.5, 0.6) is 11.5 Å². The summed E-state index contributed by atoms with van der Waals surface area (Å²) in [6.07, 6.45) is 1.51. The number of carbonyl (C=O) groups is 1. The lowest BCUT2D eigenvalue weighted by Crippen LogP contribution is -2.17. The van der Waals surface area contributed by atoms with Crippen molar-refractivity contribution in [3.8, 4) is 11.5 Å². The van der Waals surface area contributed by atoms with E-state index in [2.05, 4.69) is 10.5 Å². The van der Waals surface area contributed by atoms with Crippen molar-refractivity contribution >= 4 is 17.8 Å². The van der Waals surface area contributed by atoms with Crippen molar-refractivity contribution in [2.45, 2.75) is 0 Å². The average Bonchev–Trinajstić information content (AvgIpc) is 2.46. The van der Waals surface area contributed by atoms with Crippen molar-refractivity contribution in [3.63, 3.8) is 0 Å². The number of phenols is 2. The molecule has 22 heavy (non-hydrogen) atoms. The summed E-state index contributed by atoms with van der Waals surface area (Å²) in [5.74, 6) is -0.894. The molecule has 0 unspecified atom stereocenters. The van der Waals surface area contributed by atoms with Gasteiger partial charge in [0.2, 0.25) is 0 Å². The second-order valence-electron chi connectivity index (χ2n) is 4.92. The van der Waals surface area contributed by atoms with E-state index in [1.54, 1.807) is 0 Å². The Morgan fingerprint density at radius 3 is 2.23 bits per heavy atom. The molecule has 0 aliphatic heterocycles. The van der Waals surface area contributed by atoms with E-state index in [1.807, 2.05) is 43.3 Å². The molecule has 6 heteroatoms. The molecule has 0 spiro atoms. The number of rotatable bonds is 4. The Hall–Kier alpha value is -3.02. The molecule has 0 heterocycles. The van der Waals surface area contributed by atoms with Crippen molar-refractivity contribution < 1.29 is 15.0 Å². The highest BCUT2D eigenvalue weighted by Crippen LogP contribution is 2.20. The van der Waals surface area contributed by atoms with Crippen LogP contribution in [0.25, 0.3) is 0 Å². The molecule has 0 aliphatic rings. The van der Waals surface area contributed by atoms with Crippen molar-refractivity contribution in [2.24, 2.45) is 5.10 Å². The molecule has 1 amide bonds. The first kappa shape index (κ1) is 15.4. The lowest BCUT2D eigenvalue weighted by molar-refractivity contribution is 0.0954. The predicted octanol–water partition coefficient (Wildman–Crippen LogP) is 1.93. The Kier molecular flexibility index (Phi) is 4.63. The summed E-state index contributed by atoms with van der Waals surface area (Å²) in [5, 5.41) is 22.5. The van der Waals surface area contributed by atoms with Crippen LogP contribution in [0.4, 0.5) is 5.69 Å². The minimum absolute atomic E-state index is 0.123. The number of aromatic hydroxyl groups is 2. The van der Waals surface area contributed by atoms with Crippen molar-refractivity contribution in [1.82, 2.24) is 5.43 Å². The first-order chi connectivity index (χ1) is 10.5. The Morgan fingerprint density at radius 2 is 1.68 bits per heavy atom. The van der Waals surface area contributed by atoms with E-state index < -0.39 is 5.91 Å². The normalized spacial score (nSPS) is 10.6. The molecular formula is C16H17N3O3. The van der Waals surface area contributed by atoms with Gasteiger partial charge >= 0.3 is 0 Å². The van der Waals surface area contributed by atoms with Gasteiger partial charge in [-0.25, -0.2) is 5.43 Å². The lowest BCUT2D eigenvalue weighted by Gasteiger charge is -2.11. The number of carbonyl (C=O) groups excluding carboxylic acids is 1. The first-order valence-electron chi connectivity index (χ1n) is 6.59. The zero-order valence-corrected chi connectivity index (χ0v) is 12.3. The van der Waals surface area contributed by atoms with Crippen LogP contribution < -0.4 is 10.3 Å².